The van der Waals surface area contributed by atoms with E-state index >= 15 is 0 Å². The molecule has 2 rings (SSSR count). The summed E-state index contributed by atoms with van der Waals surface area (Å²) in [6.07, 6.45) is 4.85. The van der Waals surface area contributed by atoms with Gasteiger partial charge in [0.05, 0.1) is 12.7 Å². The largest absolute Gasteiger partial charge is 0.364 e. The highest BCUT2D eigenvalue weighted by atomic mass is 16.5. The van der Waals surface area contributed by atoms with Crippen LogP contribution in [0.25, 0.3) is 0 Å². The van der Waals surface area contributed by atoms with Gasteiger partial charge in [0.25, 0.3) is 5.56 Å². The van der Waals surface area contributed by atoms with Gasteiger partial charge in [0.1, 0.15) is 6.26 Å². The fraction of sp³-hybridized carbons (Fsp3) is 0.200. The summed E-state index contributed by atoms with van der Waals surface area (Å²) in [5.74, 6) is 0. The molecular formula is C10H11N3O2. The fourth-order valence-electron chi connectivity index (χ4n) is 1.33. The van der Waals surface area contributed by atoms with Crippen molar-refractivity contribution in [1.29, 1.82) is 0 Å². The monoisotopic (exact) mass is 205 g/mol. The summed E-state index contributed by atoms with van der Waals surface area (Å²) < 4.78 is 6.27. The number of pyridine rings is 1. The lowest BCUT2D eigenvalue weighted by atomic mass is 10.2. The summed E-state index contributed by atoms with van der Waals surface area (Å²) in [6.45, 7) is 0.875. The lowest BCUT2D eigenvalue weighted by Crippen LogP contribution is -2.20. The van der Waals surface area contributed by atoms with Gasteiger partial charge in [-0.1, -0.05) is 11.2 Å². The summed E-state index contributed by atoms with van der Waals surface area (Å²) in [5.41, 5.74) is 7.21. The Balaban J connectivity index is 2.31. The molecular weight excluding hydrogens is 194 g/mol. The predicted octanol–water partition coefficient (Wildman–Crippen LogP) is 0.343. The smallest absolute Gasteiger partial charge is 0.250 e. The zero-order chi connectivity index (χ0) is 10.7. The van der Waals surface area contributed by atoms with E-state index in [0.29, 0.717) is 13.1 Å². The molecule has 5 heteroatoms. The first-order valence-electron chi connectivity index (χ1n) is 4.57. The first kappa shape index (κ1) is 9.67. The lowest BCUT2D eigenvalue weighted by molar-refractivity contribution is 0.418. The van der Waals surface area contributed by atoms with E-state index in [4.69, 9.17) is 10.3 Å². The average molecular weight is 205 g/mol. The Labute approximate surface area is 86.1 Å². The van der Waals surface area contributed by atoms with Crippen LogP contribution in [0.1, 0.15) is 11.1 Å². The van der Waals surface area contributed by atoms with Gasteiger partial charge in [-0.3, -0.25) is 4.79 Å². The maximum atomic E-state index is 11.5. The summed E-state index contributed by atoms with van der Waals surface area (Å²) in [5, 5.41) is 3.58. The van der Waals surface area contributed by atoms with Crippen molar-refractivity contribution in [1.82, 2.24) is 9.72 Å². The summed E-state index contributed by atoms with van der Waals surface area (Å²) in [7, 11) is 0. The van der Waals surface area contributed by atoms with Crippen molar-refractivity contribution in [2.24, 2.45) is 5.73 Å². The van der Waals surface area contributed by atoms with Crippen molar-refractivity contribution in [3.63, 3.8) is 0 Å². The van der Waals surface area contributed by atoms with Gasteiger partial charge >= 0.3 is 0 Å². The maximum absolute atomic E-state index is 11.5. The molecule has 0 spiro atoms. The highest BCUT2D eigenvalue weighted by Crippen LogP contribution is 2.00. The number of nitrogens with two attached hydrogens (primary N) is 1. The van der Waals surface area contributed by atoms with Crippen molar-refractivity contribution >= 4 is 0 Å². The van der Waals surface area contributed by atoms with Crippen LogP contribution in [0.4, 0.5) is 0 Å². The predicted molar refractivity (Wildman–Crippen MR) is 54.2 cm³/mol. The van der Waals surface area contributed by atoms with Crippen LogP contribution in [0.5, 0.6) is 0 Å². The van der Waals surface area contributed by atoms with E-state index in [1.165, 1.54) is 12.3 Å². The average Bonchev–Trinajstić information content (AvgIpc) is 2.74. The molecule has 2 N–H and O–H groups in total. The van der Waals surface area contributed by atoms with Gasteiger partial charge in [-0.15, -0.1) is 0 Å². The molecule has 2 aromatic rings. The molecule has 2 heterocycles. The van der Waals surface area contributed by atoms with Gasteiger partial charge in [-0.25, -0.2) is 0 Å². The van der Waals surface area contributed by atoms with Crippen LogP contribution in [0.15, 0.2) is 40.1 Å². The standard InChI is InChI=1S/C10H11N3O2/c11-3-8-1-2-10(14)13(5-8)6-9-4-12-15-7-9/h1-2,4-5,7H,3,6,11H2. The highest BCUT2D eigenvalue weighted by molar-refractivity contribution is 5.11. The number of rotatable bonds is 3. The van der Waals surface area contributed by atoms with E-state index < -0.39 is 0 Å². The third kappa shape index (κ3) is 2.13. The molecule has 0 aromatic carbocycles. The molecule has 0 aliphatic heterocycles. The van der Waals surface area contributed by atoms with Gasteiger partial charge in [0.2, 0.25) is 0 Å². The molecule has 5 nitrogen and oxygen atoms in total. The molecule has 0 atom stereocenters. The number of hydrogen-bond acceptors (Lipinski definition) is 4. The minimum absolute atomic E-state index is 0.0617. The summed E-state index contributed by atoms with van der Waals surface area (Å²) >= 11 is 0. The third-order valence-corrected chi connectivity index (χ3v) is 2.12. The molecule has 0 saturated carbocycles. The van der Waals surface area contributed by atoms with E-state index in [-0.39, 0.29) is 5.56 Å². The van der Waals surface area contributed by atoms with Crippen LogP contribution >= 0.6 is 0 Å². The van der Waals surface area contributed by atoms with Crippen LogP contribution in [0.3, 0.4) is 0 Å². The fourth-order valence-corrected chi connectivity index (χ4v) is 1.33. The van der Waals surface area contributed by atoms with E-state index in [1.807, 2.05) is 0 Å². The number of aromatic nitrogens is 2. The minimum atomic E-state index is -0.0617. The Kier molecular flexibility index (Phi) is 2.64. The second-order valence-electron chi connectivity index (χ2n) is 3.24. The number of nitrogens with zero attached hydrogens (tertiary/aromatic N) is 2. The Morgan fingerprint density at radius 1 is 1.40 bits per heavy atom. The van der Waals surface area contributed by atoms with Crippen molar-refractivity contribution in [2.75, 3.05) is 0 Å². The van der Waals surface area contributed by atoms with E-state index in [2.05, 4.69) is 5.16 Å². The van der Waals surface area contributed by atoms with Crippen molar-refractivity contribution in [3.05, 3.63) is 52.3 Å². The molecule has 15 heavy (non-hydrogen) atoms. The lowest BCUT2D eigenvalue weighted by Gasteiger charge is -2.04. The van der Waals surface area contributed by atoms with Gasteiger partial charge in [-0.2, -0.15) is 0 Å². The minimum Gasteiger partial charge on any atom is -0.364 e. The first-order valence-corrected chi connectivity index (χ1v) is 4.57. The molecule has 0 unspecified atom stereocenters. The molecule has 0 bridgehead atoms. The van der Waals surface area contributed by atoms with Crippen LogP contribution in [-0.2, 0) is 13.1 Å². The SMILES string of the molecule is NCc1ccc(=O)n(Cc2cnoc2)c1. The maximum Gasteiger partial charge on any atom is 0.250 e. The van der Waals surface area contributed by atoms with Gasteiger partial charge in [0.15, 0.2) is 0 Å². The quantitative estimate of drug-likeness (QED) is 0.784. The van der Waals surface area contributed by atoms with E-state index in [1.54, 1.807) is 23.0 Å². The van der Waals surface area contributed by atoms with Gasteiger partial charge in [-0.05, 0) is 5.56 Å². The summed E-state index contributed by atoms with van der Waals surface area (Å²) in [4.78, 5) is 11.5. The Hall–Kier alpha value is -1.88. The third-order valence-electron chi connectivity index (χ3n) is 2.12. The van der Waals surface area contributed by atoms with Crippen LogP contribution in [0, 0.1) is 0 Å². The second-order valence-corrected chi connectivity index (χ2v) is 3.24. The second kappa shape index (κ2) is 4.10. The Morgan fingerprint density at radius 2 is 2.27 bits per heavy atom. The molecule has 0 radical (unpaired) electrons. The van der Waals surface area contributed by atoms with Crippen LogP contribution in [0.2, 0.25) is 0 Å². The van der Waals surface area contributed by atoms with Crippen molar-refractivity contribution in [2.45, 2.75) is 13.1 Å². The molecule has 0 amide bonds. The molecule has 0 aliphatic carbocycles. The molecule has 0 aliphatic rings. The summed E-state index contributed by atoms with van der Waals surface area (Å²) in [6, 6.07) is 3.24. The topological polar surface area (TPSA) is 74.1 Å². The number of hydrogen-bond donors (Lipinski definition) is 1. The molecule has 78 valence electrons. The molecule has 2 aromatic heterocycles. The Morgan fingerprint density at radius 3 is 2.93 bits per heavy atom. The molecule has 0 saturated heterocycles. The normalized spacial score (nSPS) is 10.5. The van der Waals surface area contributed by atoms with Crippen molar-refractivity contribution in [3.8, 4) is 0 Å². The first-order chi connectivity index (χ1) is 7.29. The van der Waals surface area contributed by atoms with E-state index in [9.17, 15) is 4.79 Å². The Bertz CT molecular complexity index is 488. The zero-order valence-corrected chi connectivity index (χ0v) is 8.09. The van der Waals surface area contributed by atoms with E-state index in [0.717, 1.165) is 11.1 Å². The highest BCUT2D eigenvalue weighted by Gasteiger charge is 2.00. The van der Waals surface area contributed by atoms with Gasteiger partial charge < -0.3 is 14.8 Å². The van der Waals surface area contributed by atoms with Gasteiger partial charge in [0, 0.05) is 24.4 Å². The molecule has 0 fully saturated rings. The van der Waals surface area contributed by atoms with Crippen molar-refractivity contribution < 1.29 is 4.52 Å². The van der Waals surface area contributed by atoms with Crippen LogP contribution in [-0.4, -0.2) is 9.72 Å². The zero-order valence-electron chi connectivity index (χ0n) is 8.09. The van der Waals surface area contributed by atoms with Crippen LogP contribution < -0.4 is 11.3 Å².